The van der Waals surface area contributed by atoms with Crippen molar-refractivity contribution in [3.63, 3.8) is 0 Å². The number of rotatable bonds is 5. The molecule has 125 valence electrons. The molecule has 1 aromatic heterocycles. The molecule has 0 unspecified atom stereocenters. The van der Waals surface area contributed by atoms with Gasteiger partial charge in [-0.1, -0.05) is 36.1 Å². The SMILES string of the molecule is O=[C-]CSc1nnc(Br)n1-c1ccc(C2CC2)c2ccccc12.[W].[Y]. The zero-order valence-corrected chi connectivity index (χ0v) is 21.4. The van der Waals surface area contributed by atoms with Crippen molar-refractivity contribution < 1.29 is 58.6 Å². The Bertz CT molecular complexity index is 901. The summed E-state index contributed by atoms with van der Waals surface area (Å²) in [6.45, 7) is 0. The fraction of sp³-hybridized carbons (Fsp3) is 0.235. The summed E-state index contributed by atoms with van der Waals surface area (Å²) in [5.41, 5.74) is 2.44. The molecule has 4 nitrogen and oxygen atoms in total. The molecule has 1 heterocycles. The number of thioether (sulfide) groups is 1. The van der Waals surface area contributed by atoms with Crippen molar-refractivity contribution >= 4 is 44.8 Å². The largest absolute Gasteiger partial charge is 0.541 e. The summed E-state index contributed by atoms with van der Waals surface area (Å²) in [7, 11) is 0. The van der Waals surface area contributed by atoms with Crippen LogP contribution in [0.3, 0.4) is 0 Å². The normalized spacial score (nSPS) is 13.2. The van der Waals surface area contributed by atoms with Gasteiger partial charge in [-0.25, -0.2) is 0 Å². The Kier molecular flexibility index (Phi) is 8.03. The minimum atomic E-state index is 0. The van der Waals surface area contributed by atoms with Crippen LogP contribution in [0.25, 0.3) is 16.5 Å². The molecule has 2 aromatic carbocycles. The third-order valence-electron chi connectivity index (χ3n) is 4.05. The van der Waals surface area contributed by atoms with Crippen molar-refractivity contribution in [3.05, 3.63) is 46.7 Å². The second kappa shape index (κ2) is 9.37. The Hall–Kier alpha value is 0.132. The van der Waals surface area contributed by atoms with Gasteiger partial charge in [0.15, 0.2) is 5.16 Å². The molecule has 1 radical (unpaired) electrons. The maximum atomic E-state index is 10.6. The van der Waals surface area contributed by atoms with E-state index in [0.29, 0.717) is 15.8 Å². The van der Waals surface area contributed by atoms with Crippen LogP contribution in [0, 0.1) is 0 Å². The number of halogens is 1. The van der Waals surface area contributed by atoms with E-state index in [0.717, 1.165) is 5.69 Å². The Morgan fingerprint density at radius 3 is 2.56 bits per heavy atom. The number of hydrogen-bond donors (Lipinski definition) is 0. The number of hydrogen-bond acceptors (Lipinski definition) is 4. The van der Waals surface area contributed by atoms with Crippen LogP contribution in [0.5, 0.6) is 0 Å². The summed E-state index contributed by atoms with van der Waals surface area (Å²) in [5.74, 6) is 0.931. The minimum absolute atomic E-state index is 0. The van der Waals surface area contributed by atoms with E-state index in [2.05, 4.69) is 56.5 Å². The van der Waals surface area contributed by atoms with Crippen LogP contribution in [0.2, 0.25) is 0 Å². The monoisotopic (exact) mass is 659 g/mol. The van der Waals surface area contributed by atoms with Gasteiger partial charge in [-0.15, -0.1) is 22.0 Å². The third kappa shape index (κ3) is 4.35. The first kappa shape index (κ1) is 21.4. The molecular weight excluding hydrogens is 647 g/mol. The average molecular weight is 660 g/mol. The Morgan fingerprint density at radius 1 is 1.16 bits per heavy atom. The third-order valence-corrected chi connectivity index (χ3v) is 5.34. The van der Waals surface area contributed by atoms with Gasteiger partial charge in [0, 0.05) is 59.2 Å². The Labute approximate surface area is 198 Å². The molecule has 0 bridgehead atoms. The van der Waals surface area contributed by atoms with E-state index in [1.54, 1.807) is 0 Å². The van der Waals surface area contributed by atoms with Gasteiger partial charge in [0.25, 0.3) is 0 Å². The molecule has 0 atom stereocenters. The van der Waals surface area contributed by atoms with Gasteiger partial charge >= 0.3 is 0 Å². The smallest absolute Gasteiger partial charge is 0.205 e. The van der Waals surface area contributed by atoms with Crippen LogP contribution in [0.1, 0.15) is 24.3 Å². The van der Waals surface area contributed by atoms with Crippen molar-refractivity contribution in [2.75, 3.05) is 5.75 Å². The number of aromatic nitrogens is 3. The van der Waals surface area contributed by atoms with Gasteiger partial charge in [0.05, 0.1) is 5.69 Å². The molecule has 0 N–H and O–H groups in total. The number of nitrogens with zero attached hydrogens (tertiary/aromatic N) is 3. The summed E-state index contributed by atoms with van der Waals surface area (Å²) in [6.07, 6.45) is 4.44. The quantitative estimate of drug-likeness (QED) is 0.304. The molecule has 0 saturated heterocycles. The van der Waals surface area contributed by atoms with Crippen LogP contribution in [0.15, 0.2) is 46.3 Å². The number of benzene rings is 2. The van der Waals surface area contributed by atoms with Crippen LogP contribution < -0.4 is 0 Å². The summed E-state index contributed by atoms with van der Waals surface area (Å²) < 4.78 is 2.58. The van der Waals surface area contributed by atoms with E-state index >= 15 is 0 Å². The summed E-state index contributed by atoms with van der Waals surface area (Å²) in [6, 6.07) is 12.8. The molecule has 1 aliphatic carbocycles. The molecule has 1 fully saturated rings. The van der Waals surface area contributed by atoms with Crippen LogP contribution >= 0.6 is 27.7 Å². The molecule has 8 heteroatoms. The average Bonchev–Trinajstić information content (AvgIpc) is 3.36. The van der Waals surface area contributed by atoms with Crippen molar-refractivity contribution in [1.29, 1.82) is 0 Å². The molecule has 0 spiro atoms. The standard InChI is InChI=1S/C17H13BrN3OS.W.Y/c18-16-19-20-17(23-10-9-22)21(16)15-8-7-12(11-5-6-11)13-3-1-2-4-14(13)15;;/h1-4,7-8,11H,5-6,10H2;;/q-1;;. The number of fused-ring (bicyclic) bond motifs is 1. The summed E-state index contributed by atoms with van der Waals surface area (Å²) in [4.78, 5) is 10.6. The maximum absolute atomic E-state index is 10.6. The topological polar surface area (TPSA) is 47.8 Å². The second-order valence-corrected chi connectivity index (χ2v) is 7.17. The molecule has 25 heavy (non-hydrogen) atoms. The molecule has 3 aromatic rings. The van der Waals surface area contributed by atoms with Gasteiger partial charge in [-0.05, 0) is 51.7 Å². The number of carbonyl (C=O) groups excluding carboxylic acids is 1. The Balaban J connectivity index is 0.00000113. The minimum Gasteiger partial charge on any atom is -0.541 e. The zero-order valence-electron chi connectivity index (χ0n) is 13.2. The van der Waals surface area contributed by atoms with E-state index in [4.69, 9.17) is 0 Å². The fourth-order valence-corrected chi connectivity index (χ4v) is 4.05. The molecule has 0 aliphatic heterocycles. The predicted octanol–water partition coefficient (Wildman–Crippen LogP) is 4.26. The molecule has 1 saturated carbocycles. The van der Waals surface area contributed by atoms with Gasteiger partial charge in [-0.3, -0.25) is 10.9 Å². The predicted molar refractivity (Wildman–Crippen MR) is 95.0 cm³/mol. The van der Waals surface area contributed by atoms with E-state index in [-0.39, 0.29) is 59.5 Å². The second-order valence-electron chi connectivity index (χ2n) is 5.51. The first-order valence-electron chi connectivity index (χ1n) is 7.40. The first-order valence-corrected chi connectivity index (χ1v) is 9.18. The van der Waals surface area contributed by atoms with Crippen molar-refractivity contribution in [1.82, 2.24) is 14.8 Å². The van der Waals surface area contributed by atoms with Gasteiger partial charge in [-0.2, -0.15) is 0 Å². The van der Waals surface area contributed by atoms with Crippen LogP contribution in [-0.2, 0) is 58.6 Å². The van der Waals surface area contributed by atoms with E-state index in [1.165, 1.54) is 40.9 Å². The van der Waals surface area contributed by atoms with Crippen LogP contribution in [-0.4, -0.2) is 26.8 Å². The van der Waals surface area contributed by atoms with E-state index < -0.39 is 0 Å². The first-order chi connectivity index (χ1) is 11.3. The summed E-state index contributed by atoms with van der Waals surface area (Å²) in [5, 5.41) is 11.4. The molecule has 1 aliphatic rings. The fourth-order valence-electron chi connectivity index (χ4n) is 2.89. The van der Waals surface area contributed by atoms with Gasteiger partial charge < -0.3 is 4.79 Å². The van der Waals surface area contributed by atoms with Gasteiger partial charge in [0.1, 0.15) is 0 Å². The van der Waals surface area contributed by atoms with Crippen molar-refractivity contribution in [2.24, 2.45) is 0 Å². The van der Waals surface area contributed by atoms with E-state index in [1.807, 2.05) is 16.9 Å². The maximum Gasteiger partial charge on any atom is 0.205 e. The molecule has 0 amide bonds. The van der Waals surface area contributed by atoms with Crippen molar-refractivity contribution in [2.45, 2.75) is 23.9 Å². The molecular formula is C17H13BrN3OSWY-. The Morgan fingerprint density at radius 2 is 1.88 bits per heavy atom. The van der Waals surface area contributed by atoms with Crippen LogP contribution in [0.4, 0.5) is 0 Å². The van der Waals surface area contributed by atoms with Crippen molar-refractivity contribution in [3.8, 4) is 5.69 Å². The van der Waals surface area contributed by atoms with E-state index in [9.17, 15) is 4.79 Å². The molecule has 4 rings (SSSR count). The zero-order chi connectivity index (χ0) is 15.8. The van der Waals surface area contributed by atoms with Gasteiger partial charge in [0.2, 0.25) is 4.73 Å². The summed E-state index contributed by atoms with van der Waals surface area (Å²) >= 11 is 4.80.